The maximum atomic E-state index is 13.0. The second-order valence-electron chi connectivity index (χ2n) is 5.20. The second kappa shape index (κ2) is 7.79. The molecule has 122 valence electrons. The molecule has 0 fully saturated rings. The van der Waals surface area contributed by atoms with Gasteiger partial charge in [0.05, 0.1) is 6.10 Å². The van der Waals surface area contributed by atoms with Crippen molar-refractivity contribution in [1.82, 2.24) is 5.32 Å². The van der Waals surface area contributed by atoms with E-state index >= 15 is 0 Å². The minimum atomic E-state index is -1.67. The molecule has 0 saturated heterocycles. The van der Waals surface area contributed by atoms with Gasteiger partial charge in [-0.1, -0.05) is 13.8 Å². The van der Waals surface area contributed by atoms with Crippen molar-refractivity contribution in [2.45, 2.75) is 26.4 Å². The normalized spacial score (nSPS) is 12.1. The fourth-order valence-electron chi connectivity index (χ4n) is 1.73. The maximum absolute atomic E-state index is 13.0. The smallest absolute Gasteiger partial charge is 0.313 e. The summed E-state index contributed by atoms with van der Waals surface area (Å²) < 4.78 is 38.7. The summed E-state index contributed by atoms with van der Waals surface area (Å²) in [5, 5.41) is 13.7. The highest BCUT2D eigenvalue weighted by molar-refractivity contribution is 6.39. The number of halogens is 3. The Bertz CT molecular complexity index is 541. The van der Waals surface area contributed by atoms with Gasteiger partial charge in [-0.05, 0) is 12.3 Å². The lowest BCUT2D eigenvalue weighted by atomic mass is 10.1. The van der Waals surface area contributed by atoms with Gasteiger partial charge in [-0.15, -0.1) is 0 Å². The topological polar surface area (TPSA) is 78.4 Å². The summed E-state index contributed by atoms with van der Waals surface area (Å²) in [7, 11) is 0. The Balaban J connectivity index is 2.56. The van der Waals surface area contributed by atoms with E-state index in [0.717, 1.165) is 0 Å². The number of aliphatic hydroxyl groups excluding tert-OH is 1. The molecule has 1 atom stereocenters. The number of anilines is 1. The van der Waals surface area contributed by atoms with Crippen molar-refractivity contribution in [3.8, 4) is 0 Å². The van der Waals surface area contributed by atoms with E-state index in [1.807, 2.05) is 19.2 Å². The van der Waals surface area contributed by atoms with Crippen molar-refractivity contribution in [3.05, 3.63) is 29.6 Å². The zero-order valence-electron chi connectivity index (χ0n) is 12.1. The SMILES string of the molecule is CC(C)C[C@H](O)CNC(=O)C(=O)Nc1cc(F)c(F)c(F)c1. The fourth-order valence-corrected chi connectivity index (χ4v) is 1.73. The van der Waals surface area contributed by atoms with E-state index in [1.54, 1.807) is 0 Å². The van der Waals surface area contributed by atoms with Crippen LogP contribution in [0.25, 0.3) is 0 Å². The van der Waals surface area contributed by atoms with Gasteiger partial charge in [0.2, 0.25) is 0 Å². The predicted molar refractivity (Wildman–Crippen MR) is 73.4 cm³/mol. The molecule has 8 heteroatoms. The molecule has 1 rings (SSSR count). The standard InChI is InChI=1S/C14H17F3N2O3/c1-7(2)3-9(20)6-18-13(21)14(22)19-8-4-10(15)12(17)11(16)5-8/h4-5,7,9,20H,3,6H2,1-2H3,(H,18,21)(H,19,22)/t9-/m0/s1. The number of benzene rings is 1. The summed E-state index contributed by atoms with van der Waals surface area (Å²) in [5.74, 6) is -6.67. The predicted octanol–water partition coefficient (Wildman–Crippen LogP) is 1.57. The highest BCUT2D eigenvalue weighted by atomic mass is 19.2. The lowest BCUT2D eigenvalue weighted by Crippen LogP contribution is -2.39. The zero-order valence-corrected chi connectivity index (χ0v) is 12.1. The van der Waals surface area contributed by atoms with Gasteiger partial charge in [0, 0.05) is 24.4 Å². The van der Waals surface area contributed by atoms with Crippen molar-refractivity contribution in [2.24, 2.45) is 5.92 Å². The van der Waals surface area contributed by atoms with Gasteiger partial charge in [0.15, 0.2) is 17.5 Å². The summed E-state index contributed by atoms with van der Waals surface area (Å²) in [6, 6.07) is 1.11. The Hall–Kier alpha value is -2.09. The maximum Gasteiger partial charge on any atom is 0.313 e. The number of hydrogen-bond donors (Lipinski definition) is 3. The number of rotatable bonds is 5. The highest BCUT2D eigenvalue weighted by Gasteiger charge is 2.18. The lowest BCUT2D eigenvalue weighted by molar-refractivity contribution is -0.136. The molecule has 0 spiro atoms. The first-order valence-electron chi connectivity index (χ1n) is 6.62. The molecule has 0 unspecified atom stereocenters. The zero-order chi connectivity index (χ0) is 16.9. The summed E-state index contributed by atoms with van der Waals surface area (Å²) in [6.07, 6.45) is -0.367. The Kier molecular flexibility index (Phi) is 6.36. The van der Waals surface area contributed by atoms with Crippen LogP contribution in [-0.4, -0.2) is 29.6 Å². The van der Waals surface area contributed by atoms with E-state index in [1.165, 1.54) is 0 Å². The Labute approximate surface area is 125 Å². The monoisotopic (exact) mass is 318 g/mol. The van der Waals surface area contributed by atoms with Crippen LogP contribution in [0.2, 0.25) is 0 Å². The van der Waals surface area contributed by atoms with Crippen molar-refractivity contribution in [3.63, 3.8) is 0 Å². The van der Waals surface area contributed by atoms with Crippen LogP contribution >= 0.6 is 0 Å². The van der Waals surface area contributed by atoms with Crippen LogP contribution in [0.5, 0.6) is 0 Å². The third-order valence-corrected chi connectivity index (χ3v) is 2.69. The van der Waals surface area contributed by atoms with Crippen molar-refractivity contribution < 1.29 is 27.9 Å². The number of aliphatic hydroxyl groups is 1. The van der Waals surface area contributed by atoms with E-state index in [-0.39, 0.29) is 18.2 Å². The van der Waals surface area contributed by atoms with Gasteiger partial charge in [0.1, 0.15) is 0 Å². The molecule has 2 amide bonds. The number of hydrogen-bond acceptors (Lipinski definition) is 3. The van der Waals surface area contributed by atoms with Crippen LogP contribution < -0.4 is 10.6 Å². The number of amides is 2. The first kappa shape index (κ1) is 18.0. The molecule has 0 aliphatic heterocycles. The minimum Gasteiger partial charge on any atom is -0.391 e. The van der Waals surface area contributed by atoms with Crippen LogP contribution in [0.15, 0.2) is 12.1 Å². The van der Waals surface area contributed by atoms with E-state index in [4.69, 9.17) is 0 Å². The molecule has 0 aliphatic carbocycles. The molecule has 0 radical (unpaired) electrons. The molecule has 1 aromatic carbocycles. The molecule has 5 nitrogen and oxygen atoms in total. The average molecular weight is 318 g/mol. The molecule has 0 aromatic heterocycles. The summed E-state index contributed by atoms with van der Waals surface area (Å²) in [4.78, 5) is 23.0. The van der Waals surface area contributed by atoms with Gasteiger partial charge in [-0.25, -0.2) is 13.2 Å². The van der Waals surface area contributed by atoms with Gasteiger partial charge in [-0.3, -0.25) is 9.59 Å². The van der Waals surface area contributed by atoms with Gasteiger partial charge in [-0.2, -0.15) is 0 Å². The third-order valence-electron chi connectivity index (χ3n) is 2.69. The molecule has 0 bridgehead atoms. The largest absolute Gasteiger partial charge is 0.391 e. The number of carbonyl (C=O) groups excluding carboxylic acids is 2. The molecular formula is C14H17F3N2O3. The van der Waals surface area contributed by atoms with Gasteiger partial charge in [0.25, 0.3) is 0 Å². The van der Waals surface area contributed by atoms with Gasteiger partial charge < -0.3 is 15.7 Å². The molecule has 22 heavy (non-hydrogen) atoms. The van der Waals surface area contributed by atoms with Gasteiger partial charge >= 0.3 is 11.8 Å². The van der Waals surface area contributed by atoms with Crippen molar-refractivity contribution in [2.75, 3.05) is 11.9 Å². The summed E-state index contributed by atoms with van der Waals surface area (Å²) >= 11 is 0. The van der Waals surface area contributed by atoms with Crippen LogP contribution in [0, 0.1) is 23.4 Å². The Morgan fingerprint density at radius 1 is 1.14 bits per heavy atom. The average Bonchev–Trinajstić information content (AvgIpc) is 2.41. The quantitative estimate of drug-likeness (QED) is 0.569. The first-order valence-corrected chi connectivity index (χ1v) is 6.62. The van der Waals surface area contributed by atoms with Crippen LogP contribution in [0.4, 0.5) is 18.9 Å². The van der Waals surface area contributed by atoms with E-state index in [9.17, 15) is 27.9 Å². The van der Waals surface area contributed by atoms with Crippen LogP contribution in [-0.2, 0) is 9.59 Å². The highest BCUT2D eigenvalue weighted by Crippen LogP contribution is 2.17. The van der Waals surface area contributed by atoms with E-state index in [0.29, 0.717) is 18.6 Å². The Morgan fingerprint density at radius 2 is 1.68 bits per heavy atom. The molecule has 3 N–H and O–H groups in total. The minimum absolute atomic E-state index is 0.128. The van der Waals surface area contributed by atoms with E-state index in [2.05, 4.69) is 5.32 Å². The fraction of sp³-hybridized carbons (Fsp3) is 0.429. The molecule has 1 aromatic rings. The molecule has 0 heterocycles. The van der Waals surface area contributed by atoms with Crippen molar-refractivity contribution in [1.29, 1.82) is 0 Å². The third kappa shape index (κ3) is 5.36. The van der Waals surface area contributed by atoms with Crippen LogP contribution in [0.1, 0.15) is 20.3 Å². The molecular weight excluding hydrogens is 301 g/mol. The lowest BCUT2D eigenvalue weighted by Gasteiger charge is -2.13. The Morgan fingerprint density at radius 3 is 2.18 bits per heavy atom. The van der Waals surface area contributed by atoms with Crippen LogP contribution in [0.3, 0.4) is 0 Å². The molecule has 0 aliphatic rings. The van der Waals surface area contributed by atoms with Crippen molar-refractivity contribution >= 4 is 17.5 Å². The number of nitrogens with one attached hydrogen (secondary N) is 2. The molecule has 0 saturated carbocycles. The van der Waals surface area contributed by atoms with E-state index < -0.39 is 35.4 Å². The summed E-state index contributed by atoms with van der Waals surface area (Å²) in [6.45, 7) is 3.64. The first-order chi connectivity index (χ1) is 10.2. The second-order valence-corrected chi connectivity index (χ2v) is 5.20. The summed E-state index contributed by atoms with van der Waals surface area (Å²) in [5.41, 5.74) is -0.390. The number of carbonyl (C=O) groups is 2.